The van der Waals surface area contributed by atoms with E-state index >= 15 is 0 Å². The molecule has 0 bridgehead atoms. The molecule has 0 aliphatic heterocycles. The molecule has 0 aliphatic carbocycles. The fraction of sp³-hybridized carbons (Fsp3) is 0.200. The van der Waals surface area contributed by atoms with Crippen molar-refractivity contribution in [2.75, 3.05) is 17.2 Å². The summed E-state index contributed by atoms with van der Waals surface area (Å²) in [5.74, 6) is 1.62. The summed E-state index contributed by atoms with van der Waals surface area (Å²) in [4.78, 5) is 8.26. The third-order valence-corrected chi connectivity index (χ3v) is 3.39. The molecule has 0 saturated carbocycles. The first-order valence-corrected chi connectivity index (χ1v) is 6.47. The van der Waals surface area contributed by atoms with Crippen LogP contribution in [0.4, 0.5) is 16.6 Å². The van der Waals surface area contributed by atoms with Gasteiger partial charge in [-0.1, -0.05) is 0 Å². The molecule has 0 unspecified atom stereocenters. The smallest absolute Gasteiger partial charge is 0.136 e. The number of thiophene rings is 1. The van der Waals surface area contributed by atoms with E-state index < -0.39 is 0 Å². The average molecular weight is 299 g/mol. The predicted octanol–water partition coefficient (Wildman–Crippen LogP) is 3.48. The summed E-state index contributed by atoms with van der Waals surface area (Å²) in [6.45, 7) is 2.88. The Morgan fingerprint density at radius 3 is 2.81 bits per heavy atom. The third-order valence-electron chi connectivity index (χ3n) is 1.85. The Morgan fingerprint density at radius 1 is 1.31 bits per heavy atom. The lowest BCUT2D eigenvalue weighted by Gasteiger charge is -2.05. The van der Waals surface area contributed by atoms with Crippen molar-refractivity contribution < 1.29 is 0 Å². The molecule has 2 rings (SSSR count). The van der Waals surface area contributed by atoms with Crippen LogP contribution in [0, 0.1) is 0 Å². The summed E-state index contributed by atoms with van der Waals surface area (Å²) in [6, 6.07) is 5.89. The highest BCUT2D eigenvalue weighted by atomic mass is 79.9. The van der Waals surface area contributed by atoms with Crippen LogP contribution in [0.1, 0.15) is 6.92 Å². The van der Waals surface area contributed by atoms with E-state index in [9.17, 15) is 0 Å². The fourth-order valence-electron chi connectivity index (χ4n) is 1.21. The van der Waals surface area contributed by atoms with Crippen molar-refractivity contribution >= 4 is 43.9 Å². The van der Waals surface area contributed by atoms with Crippen LogP contribution >= 0.6 is 27.3 Å². The molecule has 2 N–H and O–H groups in total. The van der Waals surface area contributed by atoms with Crippen molar-refractivity contribution in [3.8, 4) is 0 Å². The average Bonchev–Trinajstić information content (AvgIpc) is 2.65. The lowest BCUT2D eigenvalue weighted by atomic mass is 10.5. The van der Waals surface area contributed by atoms with Crippen molar-refractivity contribution in [1.29, 1.82) is 0 Å². The van der Waals surface area contributed by atoms with Crippen LogP contribution in [0.25, 0.3) is 0 Å². The Labute approximate surface area is 106 Å². The molecule has 0 saturated heterocycles. The zero-order chi connectivity index (χ0) is 11.4. The highest BCUT2D eigenvalue weighted by Crippen LogP contribution is 2.28. The van der Waals surface area contributed by atoms with E-state index in [1.165, 1.54) is 0 Å². The van der Waals surface area contributed by atoms with E-state index in [1.807, 2.05) is 25.1 Å². The lowest BCUT2D eigenvalue weighted by Crippen LogP contribution is -2.01. The highest BCUT2D eigenvalue weighted by molar-refractivity contribution is 9.11. The van der Waals surface area contributed by atoms with Gasteiger partial charge in [0.15, 0.2) is 0 Å². The second-order valence-corrected chi connectivity index (χ2v) is 5.51. The molecule has 0 fully saturated rings. The maximum atomic E-state index is 4.16. The first-order valence-electron chi connectivity index (χ1n) is 4.86. The fourth-order valence-corrected chi connectivity index (χ4v) is 2.50. The van der Waals surface area contributed by atoms with Crippen molar-refractivity contribution in [1.82, 2.24) is 9.97 Å². The van der Waals surface area contributed by atoms with E-state index in [1.54, 1.807) is 17.7 Å². The molecule has 4 nitrogen and oxygen atoms in total. The summed E-state index contributed by atoms with van der Waals surface area (Å²) in [6.07, 6.45) is 1.54. The molecular weight excluding hydrogens is 288 g/mol. The van der Waals surface area contributed by atoms with Crippen molar-refractivity contribution in [3.63, 3.8) is 0 Å². The van der Waals surface area contributed by atoms with Gasteiger partial charge in [-0.2, -0.15) is 0 Å². The first-order chi connectivity index (χ1) is 7.78. The van der Waals surface area contributed by atoms with Crippen molar-refractivity contribution in [2.24, 2.45) is 0 Å². The molecule has 2 heterocycles. The topological polar surface area (TPSA) is 49.8 Å². The summed E-state index contributed by atoms with van der Waals surface area (Å²) in [5.41, 5.74) is 0. The second-order valence-electron chi connectivity index (χ2n) is 3.05. The molecule has 2 aromatic heterocycles. The monoisotopic (exact) mass is 298 g/mol. The summed E-state index contributed by atoms with van der Waals surface area (Å²) < 4.78 is 1.09. The number of rotatable bonds is 4. The minimum atomic E-state index is 0.792. The number of aromatic nitrogens is 2. The zero-order valence-corrected chi connectivity index (χ0v) is 11.1. The van der Waals surface area contributed by atoms with Crippen LogP contribution in [0.15, 0.2) is 28.3 Å². The van der Waals surface area contributed by atoms with E-state index in [0.717, 1.165) is 27.0 Å². The number of nitrogens with zero attached hydrogens (tertiary/aromatic N) is 2. The van der Waals surface area contributed by atoms with Gasteiger partial charge >= 0.3 is 0 Å². The summed E-state index contributed by atoms with van der Waals surface area (Å²) in [7, 11) is 0. The van der Waals surface area contributed by atoms with Gasteiger partial charge in [0.2, 0.25) is 0 Å². The Hall–Kier alpha value is -1.14. The van der Waals surface area contributed by atoms with E-state index in [2.05, 4.69) is 36.5 Å². The number of hydrogen-bond donors (Lipinski definition) is 2. The van der Waals surface area contributed by atoms with Crippen molar-refractivity contribution in [3.05, 3.63) is 28.3 Å². The molecule has 0 radical (unpaired) electrons. The quantitative estimate of drug-likeness (QED) is 0.907. The molecule has 84 valence electrons. The maximum absolute atomic E-state index is 4.16. The van der Waals surface area contributed by atoms with Crippen LogP contribution in [0.5, 0.6) is 0 Å². The van der Waals surface area contributed by atoms with Gasteiger partial charge in [-0.3, -0.25) is 0 Å². The second kappa shape index (κ2) is 5.27. The van der Waals surface area contributed by atoms with Crippen molar-refractivity contribution in [2.45, 2.75) is 6.92 Å². The maximum Gasteiger partial charge on any atom is 0.136 e. The Kier molecular flexibility index (Phi) is 3.74. The first kappa shape index (κ1) is 11.3. The largest absolute Gasteiger partial charge is 0.370 e. The Bertz CT molecular complexity index is 471. The highest BCUT2D eigenvalue weighted by Gasteiger charge is 2.00. The number of hydrogen-bond acceptors (Lipinski definition) is 5. The molecule has 0 aromatic carbocycles. The summed E-state index contributed by atoms with van der Waals surface area (Å²) >= 11 is 5.04. The molecule has 6 heteroatoms. The molecule has 0 atom stereocenters. The molecule has 0 amide bonds. The van der Waals surface area contributed by atoms with Gasteiger partial charge in [0.25, 0.3) is 0 Å². The van der Waals surface area contributed by atoms with Gasteiger partial charge in [-0.15, -0.1) is 11.3 Å². The Morgan fingerprint density at radius 2 is 2.12 bits per heavy atom. The zero-order valence-electron chi connectivity index (χ0n) is 8.70. The van der Waals surface area contributed by atoms with Gasteiger partial charge in [-0.25, -0.2) is 9.97 Å². The predicted molar refractivity (Wildman–Crippen MR) is 71.5 cm³/mol. The van der Waals surface area contributed by atoms with E-state index in [4.69, 9.17) is 0 Å². The van der Waals surface area contributed by atoms with E-state index in [0.29, 0.717) is 0 Å². The van der Waals surface area contributed by atoms with Gasteiger partial charge in [0.1, 0.15) is 18.0 Å². The standard InChI is InChI=1S/C10H11BrN4S/c1-2-12-8-5-9(14-6-13-8)15-10-4-3-7(11)16-10/h3-6H,2H2,1H3,(H2,12,13,14,15). The van der Waals surface area contributed by atoms with Crippen LogP contribution in [0.3, 0.4) is 0 Å². The van der Waals surface area contributed by atoms with E-state index in [-0.39, 0.29) is 0 Å². The minimum Gasteiger partial charge on any atom is -0.370 e. The van der Waals surface area contributed by atoms with Crippen LogP contribution < -0.4 is 10.6 Å². The van der Waals surface area contributed by atoms with Gasteiger partial charge in [0.05, 0.1) is 8.79 Å². The normalized spacial score (nSPS) is 10.1. The Balaban J connectivity index is 2.12. The summed E-state index contributed by atoms with van der Waals surface area (Å²) in [5, 5.41) is 7.41. The number of halogens is 1. The van der Waals surface area contributed by atoms with Gasteiger partial charge < -0.3 is 10.6 Å². The van der Waals surface area contributed by atoms with Crippen LogP contribution in [0.2, 0.25) is 0 Å². The number of nitrogens with one attached hydrogen (secondary N) is 2. The molecule has 0 spiro atoms. The SMILES string of the molecule is CCNc1cc(Nc2ccc(Br)s2)ncn1. The van der Waals surface area contributed by atoms with Gasteiger partial charge in [-0.05, 0) is 35.0 Å². The molecule has 0 aliphatic rings. The minimum absolute atomic E-state index is 0.792. The lowest BCUT2D eigenvalue weighted by molar-refractivity contribution is 1.11. The molecule has 2 aromatic rings. The molecular formula is C10H11BrN4S. The third kappa shape index (κ3) is 2.93. The number of anilines is 3. The molecule has 16 heavy (non-hydrogen) atoms. The van der Waals surface area contributed by atoms with Crippen LogP contribution in [-0.2, 0) is 0 Å². The van der Waals surface area contributed by atoms with Gasteiger partial charge in [0, 0.05) is 12.6 Å². The van der Waals surface area contributed by atoms with Crippen LogP contribution in [-0.4, -0.2) is 16.5 Å².